The summed E-state index contributed by atoms with van der Waals surface area (Å²) in [5, 5.41) is 2.76. The molecule has 7 nitrogen and oxygen atoms in total. The maximum absolute atomic E-state index is 13.1. The Labute approximate surface area is 162 Å². The predicted octanol–water partition coefficient (Wildman–Crippen LogP) is 2.27. The van der Waals surface area contributed by atoms with Crippen molar-refractivity contribution in [2.75, 3.05) is 13.2 Å². The minimum Gasteiger partial charge on any atom is -0.493 e. The molecule has 144 valence electrons. The lowest BCUT2D eigenvalue weighted by Crippen LogP contribution is -2.47. The van der Waals surface area contributed by atoms with Crippen molar-refractivity contribution in [3.63, 3.8) is 0 Å². The van der Waals surface area contributed by atoms with Gasteiger partial charge in [-0.05, 0) is 18.6 Å². The molecule has 1 spiro atoms. The van der Waals surface area contributed by atoms with Crippen LogP contribution in [0.2, 0.25) is 0 Å². The summed E-state index contributed by atoms with van der Waals surface area (Å²) in [4.78, 5) is 38.7. The monoisotopic (exact) mass is 380 g/mol. The summed E-state index contributed by atoms with van der Waals surface area (Å²) in [6.07, 6.45) is 0.309. The maximum Gasteiger partial charge on any atom is 0.326 e. The Morgan fingerprint density at radius 3 is 2.86 bits per heavy atom. The molecule has 7 heteroatoms. The molecule has 0 saturated carbocycles. The number of carbonyl (C=O) groups is 3. The smallest absolute Gasteiger partial charge is 0.326 e. The van der Waals surface area contributed by atoms with Crippen molar-refractivity contribution in [3.05, 3.63) is 65.2 Å². The highest BCUT2D eigenvalue weighted by Gasteiger charge is 2.55. The number of nitrogens with one attached hydrogen (secondary N) is 1. The lowest BCUT2D eigenvalue weighted by Gasteiger charge is -2.33. The second-order valence-corrected chi connectivity index (χ2v) is 6.97. The molecule has 2 aliphatic rings. The number of fused-ring (bicyclic) bond motifs is 2. The van der Waals surface area contributed by atoms with Crippen LogP contribution in [0.4, 0.5) is 4.79 Å². The first kappa shape index (κ1) is 18.0. The number of rotatable bonds is 4. The second kappa shape index (κ2) is 6.99. The van der Waals surface area contributed by atoms with Gasteiger partial charge in [-0.2, -0.15) is 0 Å². The van der Waals surface area contributed by atoms with E-state index in [1.807, 2.05) is 31.2 Å². The Morgan fingerprint density at radius 1 is 1.21 bits per heavy atom. The molecule has 4 rings (SSSR count). The number of benzene rings is 2. The first-order valence-electron chi connectivity index (χ1n) is 9.07. The lowest BCUT2D eigenvalue weighted by atomic mass is 9.84. The topological polar surface area (TPSA) is 84.9 Å². The van der Waals surface area contributed by atoms with Gasteiger partial charge in [0, 0.05) is 12.0 Å². The molecule has 1 fully saturated rings. The van der Waals surface area contributed by atoms with Crippen LogP contribution in [0.1, 0.15) is 23.1 Å². The molecule has 0 bridgehead atoms. The number of hydrogen-bond acceptors (Lipinski definition) is 5. The third-order valence-electron chi connectivity index (χ3n) is 5.03. The zero-order valence-electron chi connectivity index (χ0n) is 15.4. The standard InChI is InChI=1S/C21H20N2O5/c1-14-5-4-6-15(11-14)13-28-18(24)12-23-19(25)21(22-20(23)26)9-10-27-17-8-3-2-7-16(17)21/h2-8,11H,9-10,12-13H2,1H3,(H,22,26)/t21-/m0/s1. The van der Waals surface area contributed by atoms with Gasteiger partial charge in [0.1, 0.15) is 18.9 Å². The highest BCUT2D eigenvalue weighted by atomic mass is 16.5. The molecule has 0 aromatic heterocycles. The van der Waals surface area contributed by atoms with Crippen molar-refractivity contribution in [3.8, 4) is 5.75 Å². The van der Waals surface area contributed by atoms with E-state index in [0.29, 0.717) is 24.3 Å². The molecule has 0 radical (unpaired) electrons. The molecule has 1 N–H and O–H groups in total. The van der Waals surface area contributed by atoms with Gasteiger partial charge in [-0.25, -0.2) is 4.79 Å². The van der Waals surface area contributed by atoms with Crippen LogP contribution >= 0.6 is 0 Å². The zero-order valence-corrected chi connectivity index (χ0v) is 15.4. The average molecular weight is 380 g/mol. The largest absolute Gasteiger partial charge is 0.493 e. The fourth-order valence-electron chi connectivity index (χ4n) is 3.66. The predicted molar refractivity (Wildman–Crippen MR) is 99.5 cm³/mol. The average Bonchev–Trinajstić information content (AvgIpc) is 2.92. The minimum atomic E-state index is -1.19. The Kier molecular flexibility index (Phi) is 4.50. The molecule has 1 atom stereocenters. The number of ether oxygens (including phenoxy) is 2. The molecule has 0 unspecified atom stereocenters. The zero-order chi connectivity index (χ0) is 19.7. The molecular formula is C21H20N2O5. The number of hydrogen-bond donors (Lipinski definition) is 1. The van der Waals surface area contributed by atoms with Gasteiger partial charge in [0.15, 0.2) is 5.54 Å². The van der Waals surface area contributed by atoms with Gasteiger partial charge in [-0.3, -0.25) is 14.5 Å². The van der Waals surface area contributed by atoms with Crippen LogP contribution in [0, 0.1) is 6.92 Å². The first-order chi connectivity index (χ1) is 13.5. The first-order valence-corrected chi connectivity index (χ1v) is 9.07. The minimum absolute atomic E-state index is 0.0893. The number of nitrogens with zero attached hydrogens (tertiary/aromatic N) is 1. The Morgan fingerprint density at radius 2 is 2.04 bits per heavy atom. The highest BCUT2D eigenvalue weighted by molar-refractivity contribution is 6.09. The van der Waals surface area contributed by atoms with Gasteiger partial charge in [0.2, 0.25) is 0 Å². The van der Waals surface area contributed by atoms with Crippen molar-refractivity contribution in [1.29, 1.82) is 0 Å². The van der Waals surface area contributed by atoms with E-state index in [4.69, 9.17) is 9.47 Å². The molecule has 3 amide bonds. The van der Waals surface area contributed by atoms with Crippen LogP contribution in [0.25, 0.3) is 0 Å². The normalized spacial score (nSPS) is 20.5. The molecule has 1 saturated heterocycles. The third-order valence-corrected chi connectivity index (χ3v) is 5.03. The number of aryl methyl sites for hydroxylation is 1. The second-order valence-electron chi connectivity index (χ2n) is 6.97. The number of amides is 3. The van der Waals surface area contributed by atoms with E-state index in [1.54, 1.807) is 24.3 Å². The van der Waals surface area contributed by atoms with Gasteiger partial charge in [0.05, 0.1) is 6.61 Å². The van der Waals surface area contributed by atoms with Gasteiger partial charge in [-0.15, -0.1) is 0 Å². The number of esters is 1. The van der Waals surface area contributed by atoms with Gasteiger partial charge < -0.3 is 14.8 Å². The number of imide groups is 1. The highest BCUT2D eigenvalue weighted by Crippen LogP contribution is 2.40. The van der Waals surface area contributed by atoms with E-state index in [9.17, 15) is 14.4 Å². The number of urea groups is 1. The Bertz CT molecular complexity index is 957. The van der Waals surface area contributed by atoms with Gasteiger partial charge in [-0.1, -0.05) is 48.0 Å². The van der Waals surface area contributed by atoms with Crippen LogP contribution in [-0.2, 0) is 26.5 Å². The van der Waals surface area contributed by atoms with E-state index < -0.39 is 30.0 Å². The lowest BCUT2D eigenvalue weighted by molar-refractivity contribution is -0.149. The van der Waals surface area contributed by atoms with Crippen molar-refractivity contribution >= 4 is 17.9 Å². The maximum atomic E-state index is 13.1. The van der Waals surface area contributed by atoms with Crippen molar-refractivity contribution in [1.82, 2.24) is 10.2 Å². The molecule has 2 aromatic rings. The van der Waals surface area contributed by atoms with Crippen LogP contribution in [0.15, 0.2) is 48.5 Å². The van der Waals surface area contributed by atoms with E-state index in [2.05, 4.69) is 5.32 Å². The van der Waals surface area contributed by atoms with E-state index >= 15 is 0 Å². The van der Waals surface area contributed by atoms with Gasteiger partial charge in [0.25, 0.3) is 5.91 Å². The Balaban J connectivity index is 1.47. The third kappa shape index (κ3) is 3.09. The summed E-state index contributed by atoms with van der Waals surface area (Å²) >= 11 is 0. The summed E-state index contributed by atoms with van der Waals surface area (Å²) in [7, 11) is 0. The fraction of sp³-hybridized carbons (Fsp3) is 0.286. The molecule has 0 aliphatic carbocycles. The number of para-hydroxylation sites is 1. The molecule has 2 aliphatic heterocycles. The summed E-state index contributed by atoms with van der Waals surface area (Å²) < 4.78 is 10.8. The summed E-state index contributed by atoms with van der Waals surface area (Å²) in [5.74, 6) is -0.533. The van der Waals surface area contributed by atoms with Gasteiger partial charge >= 0.3 is 12.0 Å². The van der Waals surface area contributed by atoms with Crippen molar-refractivity contribution in [2.24, 2.45) is 0 Å². The molecule has 2 heterocycles. The van der Waals surface area contributed by atoms with E-state index in [0.717, 1.165) is 16.0 Å². The SMILES string of the molecule is Cc1cccc(COC(=O)CN2C(=O)N[C@]3(CCOc4ccccc43)C2=O)c1. The van der Waals surface area contributed by atoms with Crippen LogP contribution in [-0.4, -0.2) is 36.0 Å². The van der Waals surface area contributed by atoms with E-state index in [-0.39, 0.29) is 6.61 Å². The van der Waals surface area contributed by atoms with Crippen molar-refractivity contribution < 1.29 is 23.9 Å². The van der Waals surface area contributed by atoms with Crippen molar-refractivity contribution in [2.45, 2.75) is 25.5 Å². The van der Waals surface area contributed by atoms with Crippen LogP contribution < -0.4 is 10.1 Å². The Hall–Kier alpha value is -3.35. The molecular weight excluding hydrogens is 360 g/mol. The number of carbonyl (C=O) groups excluding carboxylic acids is 3. The van der Waals surface area contributed by atoms with E-state index in [1.165, 1.54) is 0 Å². The fourth-order valence-corrected chi connectivity index (χ4v) is 3.66. The quantitative estimate of drug-likeness (QED) is 0.650. The molecule has 28 heavy (non-hydrogen) atoms. The summed E-state index contributed by atoms with van der Waals surface area (Å²) in [5.41, 5.74) is 1.32. The summed E-state index contributed by atoms with van der Waals surface area (Å²) in [6.45, 7) is 1.91. The molecule has 2 aromatic carbocycles. The summed E-state index contributed by atoms with van der Waals surface area (Å²) in [6, 6.07) is 14.1. The van der Waals surface area contributed by atoms with Crippen LogP contribution in [0.3, 0.4) is 0 Å². The van der Waals surface area contributed by atoms with Crippen LogP contribution in [0.5, 0.6) is 5.75 Å².